The zero-order valence-corrected chi connectivity index (χ0v) is 29.4. The van der Waals surface area contributed by atoms with Crippen molar-refractivity contribution in [2.24, 2.45) is 21.1 Å². The smallest absolute Gasteiger partial charge is 0.137 e. The molecule has 10 heteroatoms. The Bertz CT molecular complexity index is 2880. The second-order valence-corrected chi connectivity index (χ2v) is 14.0. The molecule has 0 unspecified atom stereocenters. The highest BCUT2D eigenvalue weighted by molar-refractivity contribution is 6.09. The number of anilines is 3. The molecule has 0 atom stereocenters. The number of aromatic nitrogens is 9. The molecule has 0 amide bonds. The van der Waals surface area contributed by atoms with Crippen LogP contribution >= 0.6 is 0 Å². The van der Waals surface area contributed by atoms with E-state index in [0.29, 0.717) is 0 Å². The molecule has 10 nitrogen and oxygen atoms in total. The molecule has 252 valence electrons. The van der Waals surface area contributed by atoms with E-state index in [1.54, 1.807) is 14.4 Å². The van der Waals surface area contributed by atoms with Crippen molar-refractivity contribution in [3.05, 3.63) is 126 Å². The van der Waals surface area contributed by atoms with E-state index >= 15 is 0 Å². The molecule has 1 aliphatic rings. The molecule has 3 heterocycles. The SMILES string of the molecule is Cn1nc2cccc(N(c3ccc(-c4ccccc4)c4nn(C)nc34)c3ccc(-c4ccc5c(c4)C(C)(C)c4ccccc4-5)c4nn(C)nc34)c2n1. The van der Waals surface area contributed by atoms with Crippen LogP contribution in [0.2, 0.25) is 0 Å². The van der Waals surface area contributed by atoms with Gasteiger partial charge in [0.05, 0.1) is 17.1 Å². The van der Waals surface area contributed by atoms with Gasteiger partial charge in [0, 0.05) is 37.7 Å². The summed E-state index contributed by atoms with van der Waals surface area (Å²) in [6, 6.07) is 40.4. The maximum Gasteiger partial charge on any atom is 0.137 e. The van der Waals surface area contributed by atoms with Crippen LogP contribution in [0.4, 0.5) is 17.1 Å². The average molecular weight is 679 g/mol. The maximum atomic E-state index is 5.02. The van der Waals surface area contributed by atoms with Gasteiger partial charge in [-0.05, 0) is 75.8 Å². The third-order valence-electron chi connectivity index (χ3n) is 10.4. The third-order valence-corrected chi connectivity index (χ3v) is 10.4. The molecule has 0 saturated heterocycles. The van der Waals surface area contributed by atoms with Crippen LogP contribution in [-0.4, -0.2) is 45.0 Å². The first kappa shape index (κ1) is 30.2. The van der Waals surface area contributed by atoms with Crippen molar-refractivity contribution in [1.82, 2.24) is 45.0 Å². The molecule has 6 aromatic carbocycles. The topological polar surface area (TPSA) is 95.4 Å². The minimum absolute atomic E-state index is 0.121. The van der Waals surface area contributed by atoms with Gasteiger partial charge in [0.25, 0.3) is 0 Å². The van der Waals surface area contributed by atoms with Crippen LogP contribution in [0.15, 0.2) is 115 Å². The van der Waals surface area contributed by atoms with E-state index in [1.165, 1.54) is 22.3 Å². The number of aryl methyl sites for hydroxylation is 3. The lowest BCUT2D eigenvalue weighted by molar-refractivity contribution is 0.660. The largest absolute Gasteiger partial charge is 0.304 e. The van der Waals surface area contributed by atoms with Crippen molar-refractivity contribution in [3.63, 3.8) is 0 Å². The zero-order chi connectivity index (χ0) is 35.3. The van der Waals surface area contributed by atoms with Crippen molar-refractivity contribution in [3.8, 4) is 33.4 Å². The highest BCUT2D eigenvalue weighted by Crippen LogP contribution is 2.50. The summed E-state index contributed by atoms with van der Waals surface area (Å²) in [4.78, 5) is 7.09. The summed E-state index contributed by atoms with van der Waals surface area (Å²) in [5.41, 5.74) is 16.5. The lowest BCUT2D eigenvalue weighted by atomic mass is 9.81. The van der Waals surface area contributed by atoms with Gasteiger partial charge in [-0.2, -0.15) is 45.0 Å². The van der Waals surface area contributed by atoms with E-state index in [1.807, 2.05) is 51.5 Å². The fraction of sp³-hybridized carbons (Fsp3) is 0.143. The predicted octanol–water partition coefficient (Wildman–Crippen LogP) is 8.64. The number of hydrogen-bond acceptors (Lipinski definition) is 7. The molecule has 0 radical (unpaired) electrons. The van der Waals surface area contributed by atoms with Crippen LogP contribution in [-0.2, 0) is 26.6 Å². The Balaban J connectivity index is 1.21. The van der Waals surface area contributed by atoms with Crippen LogP contribution in [0.3, 0.4) is 0 Å². The number of benzene rings is 6. The molecular formula is C42H34N10. The summed E-state index contributed by atoms with van der Waals surface area (Å²) in [6.07, 6.45) is 0. The van der Waals surface area contributed by atoms with Crippen molar-refractivity contribution < 1.29 is 0 Å². The number of nitrogens with zero attached hydrogens (tertiary/aromatic N) is 10. The Morgan fingerprint density at radius 1 is 0.423 bits per heavy atom. The first-order valence-electron chi connectivity index (χ1n) is 17.3. The van der Waals surface area contributed by atoms with Crippen LogP contribution in [0.5, 0.6) is 0 Å². The lowest BCUT2D eigenvalue weighted by Crippen LogP contribution is -2.15. The van der Waals surface area contributed by atoms with Crippen LogP contribution in [0, 0.1) is 0 Å². The quantitative estimate of drug-likeness (QED) is 0.180. The normalized spacial score (nSPS) is 13.2. The summed E-state index contributed by atoms with van der Waals surface area (Å²) >= 11 is 0. The molecule has 3 aromatic heterocycles. The fourth-order valence-corrected chi connectivity index (χ4v) is 8.07. The first-order valence-corrected chi connectivity index (χ1v) is 17.3. The van der Waals surface area contributed by atoms with E-state index in [4.69, 9.17) is 25.5 Å². The monoisotopic (exact) mass is 678 g/mol. The number of hydrogen-bond donors (Lipinski definition) is 0. The van der Waals surface area contributed by atoms with Gasteiger partial charge >= 0.3 is 0 Å². The lowest BCUT2D eigenvalue weighted by Gasteiger charge is -2.26. The molecule has 0 bridgehead atoms. The van der Waals surface area contributed by atoms with Gasteiger partial charge in [0.15, 0.2) is 0 Å². The second kappa shape index (κ2) is 10.9. The average Bonchev–Trinajstić information content (AvgIpc) is 3.90. The van der Waals surface area contributed by atoms with Gasteiger partial charge in [-0.25, -0.2) is 0 Å². The minimum atomic E-state index is -0.121. The molecule has 0 N–H and O–H groups in total. The first-order chi connectivity index (χ1) is 25.3. The van der Waals surface area contributed by atoms with Gasteiger partial charge in [-0.1, -0.05) is 86.6 Å². The molecule has 0 spiro atoms. The molecule has 0 aliphatic heterocycles. The molecule has 0 saturated carbocycles. The van der Waals surface area contributed by atoms with E-state index in [2.05, 4.69) is 109 Å². The summed E-state index contributed by atoms with van der Waals surface area (Å²) in [5.74, 6) is 0. The van der Waals surface area contributed by atoms with Gasteiger partial charge in [-0.3, -0.25) is 0 Å². The van der Waals surface area contributed by atoms with Crippen LogP contribution in [0.25, 0.3) is 66.5 Å². The Kier molecular flexibility index (Phi) is 6.33. The molecule has 0 fully saturated rings. The van der Waals surface area contributed by atoms with Crippen LogP contribution in [0.1, 0.15) is 25.0 Å². The van der Waals surface area contributed by atoms with Gasteiger partial charge in [0.1, 0.15) is 33.1 Å². The molecule has 1 aliphatic carbocycles. The Morgan fingerprint density at radius 2 is 0.962 bits per heavy atom. The Hall–Kier alpha value is -6.68. The molecule has 52 heavy (non-hydrogen) atoms. The van der Waals surface area contributed by atoms with E-state index < -0.39 is 0 Å². The van der Waals surface area contributed by atoms with E-state index in [-0.39, 0.29) is 5.41 Å². The highest BCUT2D eigenvalue weighted by atomic mass is 15.5. The fourth-order valence-electron chi connectivity index (χ4n) is 8.07. The summed E-state index contributed by atoms with van der Waals surface area (Å²) in [7, 11) is 5.58. The second-order valence-electron chi connectivity index (χ2n) is 14.0. The minimum Gasteiger partial charge on any atom is -0.304 e. The van der Waals surface area contributed by atoms with Crippen molar-refractivity contribution in [2.45, 2.75) is 19.3 Å². The van der Waals surface area contributed by atoms with Gasteiger partial charge < -0.3 is 4.90 Å². The van der Waals surface area contributed by atoms with Gasteiger partial charge in [-0.15, -0.1) is 0 Å². The van der Waals surface area contributed by atoms with E-state index in [0.717, 1.165) is 72.4 Å². The van der Waals surface area contributed by atoms with Crippen LogP contribution < -0.4 is 4.90 Å². The van der Waals surface area contributed by atoms with E-state index in [9.17, 15) is 0 Å². The number of rotatable bonds is 5. The molecular weight excluding hydrogens is 645 g/mol. The summed E-state index contributed by atoms with van der Waals surface area (Å²) < 4.78 is 0. The van der Waals surface area contributed by atoms with Crippen molar-refractivity contribution >= 4 is 50.2 Å². The van der Waals surface area contributed by atoms with Crippen molar-refractivity contribution in [1.29, 1.82) is 0 Å². The summed E-state index contributed by atoms with van der Waals surface area (Å²) in [6.45, 7) is 4.62. The summed E-state index contributed by atoms with van der Waals surface area (Å²) in [5, 5.41) is 29.3. The highest BCUT2D eigenvalue weighted by Gasteiger charge is 2.35. The predicted molar refractivity (Wildman–Crippen MR) is 206 cm³/mol. The number of fused-ring (bicyclic) bond motifs is 6. The molecule has 9 aromatic rings. The Labute approximate surface area is 299 Å². The van der Waals surface area contributed by atoms with Crippen molar-refractivity contribution in [2.75, 3.05) is 4.90 Å². The molecule has 10 rings (SSSR count). The van der Waals surface area contributed by atoms with Gasteiger partial charge in [0.2, 0.25) is 0 Å². The zero-order valence-electron chi connectivity index (χ0n) is 29.4. The standard InChI is InChI=1S/C42H34N10/c1-42(2)31-15-10-9-14-29(31)30-19-18-26(24-32(30)42)28-21-23-36(41-38(28)45-51(5)48-41)52(34-17-11-16-33-39(34)46-49(3)43-33)35-22-20-27(25-12-7-6-8-13-25)37-40(35)47-50(4)44-37/h6-24H,1-5H3. The maximum absolute atomic E-state index is 5.02. The Morgan fingerprint density at radius 3 is 1.67 bits per heavy atom. The third kappa shape index (κ3) is 4.37.